The van der Waals surface area contributed by atoms with Crippen LogP contribution in [0.4, 0.5) is 5.13 Å². The van der Waals surface area contributed by atoms with Crippen molar-refractivity contribution < 1.29 is 9.21 Å². The number of anilines is 1. The average molecular weight is 396 g/mol. The average Bonchev–Trinajstić information content (AvgIpc) is 3.36. The highest BCUT2D eigenvalue weighted by molar-refractivity contribution is 7.19. The number of aromatic nitrogens is 2. The minimum absolute atomic E-state index is 0.129. The highest BCUT2D eigenvalue weighted by atomic mass is 32.1. The molecule has 136 valence electrons. The lowest BCUT2D eigenvalue weighted by Crippen LogP contribution is -2.14. The van der Waals surface area contributed by atoms with E-state index in [-0.39, 0.29) is 12.3 Å². The number of thiazole rings is 2. The van der Waals surface area contributed by atoms with Gasteiger partial charge >= 0.3 is 0 Å². The Labute approximate surface area is 164 Å². The molecule has 0 unspecified atom stereocenters. The van der Waals surface area contributed by atoms with E-state index in [0.29, 0.717) is 5.13 Å². The maximum atomic E-state index is 12.4. The first-order chi connectivity index (χ1) is 13.1. The third kappa shape index (κ3) is 3.99. The molecule has 0 aliphatic rings. The molecule has 0 bridgehead atoms. The van der Waals surface area contributed by atoms with Crippen molar-refractivity contribution in [3.63, 3.8) is 0 Å². The summed E-state index contributed by atoms with van der Waals surface area (Å²) in [4.78, 5) is 22.4. The van der Waals surface area contributed by atoms with Crippen molar-refractivity contribution in [2.24, 2.45) is 0 Å². The predicted octanol–water partition coefficient (Wildman–Crippen LogP) is 5.32. The van der Waals surface area contributed by atoms with Gasteiger partial charge in [-0.25, -0.2) is 9.97 Å². The van der Waals surface area contributed by atoms with Crippen molar-refractivity contribution in [3.8, 4) is 21.2 Å². The first-order valence-electron chi connectivity index (χ1n) is 8.42. The molecule has 4 rings (SSSR count). The molecule has 0 radical (unpaired) electrons. The maximum Gasteiger partial charge on any atom is 0.232 e. The summed E-state index contributed by atoms with van der Waals surface area (Å²) in [6.45, 7) is 3.84. The number of nitrogens with zero attached hydrogens (tertiary/aromatic N) is 2. The Morgan fingerprint density at radius 2 is 1.93 bits per heavy atom. The van der Waals surface area contributed by atoms with Gasteiger partial charge in [-0.05, 0) is 31.5 Å². The summed E-state index contributed by atoms with van der Waals surface area (Å²) < 4.78 is 5.58. The molecule has 0 fully saturated rings. The number of nitrogens with one attached hydrogen (secondary N) is 1. The van der Waals surface area contributed by atoms with Gasteiger partial charge in [0, 0.05) is 5.38 Å². The molecule has 4 aromatic rings. The summed E-state index contributed by atoms with van der Waals surface area (Å²) in [5.74, 6) is 1.44. The molecule has 3 aromatic heterocycles. The van der Waals surface area contributed by atoms with Gasteiger partial charge in [0.1, 0.15) is 5.76 Å². The van der Waals surface area contributed by atoms with Crippen LogP contribution in [0.25, 0.3) is 21.2 Å². The summed E-state index contributed by atoms with van der Waals surface area (Å²) in [6.07, 6.45) is 0.204. The van der Waals surface area contributed by atoms with Crippen molar-refractivity contribution in [3.05, 3.63) is 65.0 Å². The summed E-state index contributed by atoms with van der Waals surface area (Å²) >= 11 is 2.95. The van der Waals surface area contributed by atoms with Gasteiger partial charge < -0.3 is 9.73 Å². The van der Waals surface area contributed by atoms with E-state index in [9.17, 15) is 4.79 Å². The summed E-state index contributed by atoms with van der Waals surface area (Å²) in [5, 5.41) is 6.15. The smallest absolute Gasteiger partial charge is 0.232 e. The monoisotopic (exact) mass is 395 g/mol. The molecular weight excluding hydrogens is 378 g/mol. The number of amides is 1. The van der Waals surface area contributed by atoms with E-state index < -0.39 is 0 Å². The van der Waals surface area contributed by atoms with Gasteiger partial charge in [-0.1, -0.05) is 41.7 Å². The minimum atomic E-state index is -0.129. The van der Waals surface area contributed by atoms with Crippen LogP contribution in [0.5, 0.6) is 0 Å². The second-order valence-corrected chi connectivity index (χ2v) is 7.94. The van der Waals surface area contributed by atoms with Crippen molar-refractivity contribution in [2.75, 3.05) is 5.32 Å². The Bertz CT molecular complexity index is 1080. The van der Waals surface area contributed by atoms with E-state index in [4.69, 9.17) is 4.42 Å². The van der Waals surface area contributed by atoms with Crippen molar-refractivity contribution in [1.82, 2.24) is 9.97 Å². The second kappa shape index (κ2) is 7.46. The second-order valence-electron chi connectivity index (χ2n) is 6.08. The summed E-state index contributed by atoms with van der Waals surface area (Å²) in [6, 6.07) is 13.8. The summed E-state index contributed by atoms with van der Waals surface area (Å²) in [7, 11) is 0. The van der Waals surface area contributed by atoms with Crippen molar-refractivity contribution >= 4 is 33.7 Å². The highest BCUT2D eigenvalue weighted by Gasteiger charge is 2.14. The van der Waals surface area contributed by atoms with E-state index in [1.807, 2.05) is 61.7 Å². The Balaban J connectivity index is 1.44. The van der Waals surface area contributed by atoms with Crippen LogP contribution in [0.2, 0.25) is 0 Å². The van der Waals surface area contributed by atoms with E-state index in [0.717, 1.165) is 38.4 Å². The van der Waals surface area contributed by atoms with Crippen LogP contribution < -0.4 is 5.32 Å². The van der Waals surface area contributed by atoms with Gasteiger partial charge in [0.05, 0.1) is 22.7 Å². The van der Waals surface area contributed by atoms with Crippen LogP contribution in [-0.2, 0) is 11.2 Å². The van der Waals surface area contributed by atoms with E-state index >= 15 is 0 Å². The SMILES string of the molecule is Cc1ccc(-c2nc(CC(=O)Nc3nc(C)c(-c4ccccc4)s3)cs2)o1. The quantitative estimate of drug-likeness (QED) is 0.496. The van der Waals surface area contributed by atoms with Gasteiger partial charge in [0.15, 0.2) is 15.9 Å². The number of carbonyl (C=O) groups is 1. The van der Waals surface area contributed by atoms with Crippen LogP contribution in [0, 0.1) is 13.8 Å². The first kappa shape index (κ1) is 17.6. The molecule has 1 amide bonds. The lowest BCUT2D eigenvalue weighted by Gasteiger charge is -1.99. The molecule has 7 heteroatoms. The number of furan rings is 1. The lowest BCUT2D eigenvalue weighted by atomic mass is 10.2. The minimum Gasteiger partial charge on any atom is -0.459 e. The molecular formula is C20H17N3O2S2. The summed E-state index contributed by atoms with van der Waals surface area (Å²) in [5.41, 5.74) is 2.73. The standard InChI is InChI=1S/C20H17N3O2S2/c1-12-8-9-16(25-12)19-22-15(11-26-19)10-17(24)23-20-21-13(2)18(27-20)14-6-4-3-5-7-14/h3-9,11H,10H2,1-2H3,(H,21,23,24). The predicted molar refractivity (Wildman–Crippen MR) is 109 cm³/mol. The Hall–Kier alpha value is -2.77. The maximum absolute atomic E-state index is 12.4. The molecule has 0 saturated carbocycles. The topological polar surface area (TPSA) is 68.0 Å². The molecule has 0 aliphatic heterocycles. The highest BCUT2D eigenvalue weighted by Crippen LogP contribution is 2.32. The number of hydrogen-bond acceptors (Lipinski definition) is 6. The zero-order chi connectivity index (χ0) is 18.8. The number of rotatable bonds is 5. The number of aryl methyl sites for hydroxylation is 2. The number of hydrogen-bond donors (Lipinski definition) is 1. The Morgan fingerprint density at radius 1 is 1.11 bits per heavy atom. The van der Waals surface area contributed by atoms with E-state index in [2.05, 4.69) is 15.3 Å². The Morgan fingerprint density at radius 3 is 2.67 bits per heavy atom. The van der Waals surface area contributed by atoms with Gasteiger partial charge in [0.2, 0.25) is 5.91 Å². The van der Waals surface area contributed by atoms with Crippen molar-refractivity contribution in [1.29, 1.82) is 0 Å². The van der Waals surface area contributed by atoms with Crippen molar-refractivity contribution in [2.45, 2.75) is 20.3 Å². The molecule has 3 heterocycles. The van der Waals surface area contributed by atoms with Gasteiger partial charge in [-0.15, -0.1) is 11.3 Å². The fourth-order valence-corrected chi connectivity index (χ4v) is 4.45. The largest absolute Gasteiger partial charge is 0.459 e. The molecule has 0 atom stereocenters. The zero-order valence-electron chi connectivity index (χ0n) is 14.9. The zero-order valence-corrected chi connectivity index (χ0v) is 16.5. The fraction of sp³-hybridized carbons (Fsp3) is 0.150. The third-order valence-corrected chi connectivity index (χ3v) is 5.95. The van der Waals surface area contributed by atoms with Crippen LogP contribution in [-0.4, -0.2) is 15.9 Å². The first-order valence-corrected chi connectivity index (χ1v) is 10.1. The van der Waals surface area contributed by atoms with Crippen LogP contribution in [0.3, 0.4) is 0 Å². The van der Waals surface area contributed by atoms with Crippen LogP contribution in [0.15, 0.2) is 52.3 Å². The fourth-order valence-electron chi connectivity index (χ4n) is 2.69. The molecule has 1 aromatic carbocycles. The molecule has 0 aliphatic carbocycles. The van der Waals surface area contributed by atoms with Gasteiger partial charge in [0.25, 0.3) is 0 Å². The van der Waals surface area contributed by atoms with Gasteiger partial charge in [-0.3, -0.25) is 4.79 Å². The molecule has 0 spiro atoms. The van der Waals surface area contributed by atoms with E-state index in [1.54, 1.807) is 0 Å². The van der Waals surface area contributed by atoms with Crippen LogP contribution in [0.1, 0.15) is 17.1 Å². The number of benzene rings is 1. The van der Waals surface area contributed by atoms with E-state index in [1.165, 1.54) is 22.7 Å². The third-order valence-electron chi connectivity index (χ3n) is 3.92. The molecule has 1 N–H and O–H groups in total. The van der Waals surface area contributed by atoms with Gasteiger partial charge in [-0.2, -0.15) is 0 Å². The van der Waals surface area contributed by atoms with Crippen LogP contribution >= 0.6 is 22.7 Å². The lowest BCUT2D eigenvalue weighted by molar-refractivity contribution is -0.115. The Kier molecular flexibility index (Phi) is 4.87. The normalized spacial score (nSPS) is 10.9. The molecule has 0 saturated heterocycles. The molecule has 27 heavy (non-hydrogen) atoms. The molecule has 5 nitrogen and oxygen atoms in total. The number of carbonyl (C=O) groups excluding carboxylic acids is 1.